The molecule has 1 N–H and O–H groups in total. The van der Waals surface area contributed by atoms with E-state index in [2.05, 4.69) is 5.32 Å². The van der Waals surface area contributed by atoms with Crippen LogP contribution < -0.4 is 5.32 Å². The highest BCUT2D eigenvalue weighted by Gasteiger charge is 2.39. The lowest BCUT2D eigenvalue weighted by atomic mass is 9.89. The number of ether oxygens (including phenoxy) is 5. The number of nitro benzene ring substituents is 1. The van der Waals surface area contributed by atoms with E-state index in [0.717, 1.165) is 0 Å². The summed E-state index contributed by atoms with van der Waals surface area (Å²) in [7, 11) is 0. The number of hydrogen-bond donors (Lipinski definition) is 1. The average molecular weight is 492 g/mol. The van der Waals surface area contributed by atoms with Crippen molar-refractivity contribution >= 4 is 24.0 Å². The Morgan fingerprint density at radius 2 is 1.63 bits per heavy atom. The van der Waals surface area contributed by atoms with E-state index in [1.54, 1.807) is 40.7 Å². The van der Waals surface area contributed by atoms with Crippen LogP contribution in [0.3, 0.4) is 0 Å². The van der Waals surface area contributed by atoms with E-state index in [1.165, 1.54) is 18.2 Å². The Labute approximate surface area is 202 Å². The second-order valence-electron chi connectivity index (χ2n) is 7.63. The van der Waals surface area contributed by atoms with E-state index in [-0.39, 0.29) is 42.4 Å². The summed E-state index contributed by atoms with van der Waals surface area (Å²) in [5.74, 6) is -1.84. The van der Waals surface area contributed by atoms with Crippen LogP contribution in [0, 0.1) is 10.1 Å². The molecule has 1 aromatic rings. The standard InChI is InChI=1S/C23H28N2O10/c1-6-31-18(26)11-12-32-22(27)34-20-14(4)24-15(5)21(35-23(28)33-13(2)3)19(20)16-9-7-8-10-17(16)25(29)30/h7-10,13,19,24H,6,11-12H2,1-5H3. The zero-order chi connectivity index (χ0) is 26.1. The number of rotatable bonds is 9. The first kappa shape index (κ1) is 27.2. The van der Waals surface area contributed by atoms with Crippen molar-refractivity contribution in [2.24, 2.45) is 0 Å². The summed E-state index contributed by atoms with van der Waals surface area (Å²) in [6.45, 7) is 7.97. The van der Waals surface area contributed by atoms with Gasteiger partial charge in [-0.25, -0.2) is 9.59 Å². The summed E-state index contributed by atoms with van der Waals surface area (Å²) in [4.78, 5) is 47.3. The molecule has 1 unspecified atom stereocenters. The summed E-state index contributed by atoms with van der Waals surface area (Å²) >= 11 is 0. The normalized spacial score (nSPS) is 15.3. The molecule has 0 fully saturated rings. The van der Waals surface area contributed by atoms with Gasteiger partial charge in [0.15, 0.2) is 0 Å². The molecule has 0 bridgehead atoms. The van der Waals surface area contributed by atoms with Gasteiger partial charge in [0.2, 0.25) is 0 Å². The summed E-state index contributed by atoms with van der Waals surface area (Å²) < 4.78 is 25.6. The number of carbonyl (C=O) groups is 3. The Hall–Kier alpha value is -4.09. The van der Waals surface area contributed by atoms with E-state index >= 15 is 0 Å². The lowest BCUT2D eigenvalue weighted by molar-refractivity contribution is -0.385. The van der Waals surface area contributed by atoms with E-state index in [9.17, 15) is 24.5 Å². The van der Waals surface area contributed by atoms with E-state index in [0.29, 0.717) is 11.4 Å². The fourth-order valence-electron chi connectivity index (χ4n) is 3.28. The van der Waals surface area contributed by atoms with Gasteiger partial charge in [-0.15, -0.1) is 0 Å². The summed E-state index contributed by atoms with van der Waals surface area (Å²) in [5.41, 5.74) is 0.515. The Morgan fingerprint density at radius 3 is 2.20 bits per heavy atom. The maximum absolute atomic E-state index is 12.4. The molecule has 190 valence electrons. The Kier molecular flexibility index (Phi) is 9.62. The molecule has 1 aromatic carbocycles. The Balaban J connectivity index is 2.41. The smallest absolute Gasteiger partial charge is 0.466 e. The van der Waals surface area contributed by atoms with Crippen molar-refractivity contribution < 1.29 is 43.0 Å². The van der Waals surface area contributed by atoms with E-state index in [4.69, 9.17) is 23.7 Å². The number of para-hydroxylation sites is 1. The highest BCUT2D eigenvalue weighted by Crippen LogP contribution is 2.42. The van der Waals surface area contributed by atoms with Crippen molar-refractivity contribution in [3.8, 4) is 0 Å². The lowest BCUT2D eigenvalue weighted by Gasteiger charge is -2.30. The van der Waals surface area contributed by atoms with E-state index < -0.39 is 35.2 Å². The molecule has 1 atom stereocenters. The minimum atomic E-state index is -1.16. The molecule has 1 heterocycles. The first-order valence-corrected chi connectivity index (χ1v) is 10.9. The van der Waals surface area contributed by atoms with Crippen molar-refractivity contribution in [1.82, 2.24) is 5.32 Å². The molecule has 12 nitrogen and oxygen atoms in total. The van der Waals surface area contributed by atoms with Gasteiger partial charge >= 0.3 is 18.3 Å². The summed E-state index contributed by atoms with van der Waals surface area (Å²) in [6.07, 6.45) is -2.85. The van der Waals surface area contributed by atoms with Gasteiger partial charge in [-0.1, -0.05) is 18.2 Å². The maximum atomic E-state index is 12.4. The van der Waals surface area contributed by atoms with Gasteiger partial charge in [0.25, 0.3) is 5.69 Å². The highest BCUT2D eigenvalue weighted by atomic mass is 16.7. The number of nitro groups is 1. The number of hydrogen-bond acceptors (Lipinski definition) is 11. The van der Waals surface area contributed by atoms with Crippen molar-refractivity contribution in [2.45, 2.75) is 53.1 Å². The third-order valence-corrected chi connectivity index (χ3v) is 4.63. The van der Waals surface area contributed by atoms with Crippen LogP contribution in [0.1, 0.15) is 52.5 Å². The van der Waals surface area contributed by atoms with Gasteiger partial charge in [-0.2, -0.15) is 0 Å². The van der Waals surface area contributed by atoms with Crippen molar-refractivity contribution in [3.63, 3.8) is 0 Å². The third-order valence-electron chi connectivity index (χ3n) is 4.63. The molecule has 1 aliphatic rings. The predicted octanol–water partition coefficient (Wildman–Crippen LogP) is 4.41. The molecule has 0 amide bonds. The molecule has 0 aliphatic carbocycles. The summed E-state index contributed by atoms with van der Waals surface area (Å²) in [5, 5.41) is 14.7. The molecule has 0 aromatic heterocycles. The number of nitrogens with zero attached hydrogens (tertiary/aromatic N) is 1. The van der Waals surface area contributed by atoms with Crippen LogP contribution in [0.15, 0.2) is 47.2 Å². The molecule has 0 saturated heterocycles. The minimum Gasteiger partial charge on any atom is -0.466 e. The summed E-state index contributed by atoms with van der Waals surface area (Å²) in [6, 6.07) is 5.78. The number of carbonyl (C=O) groups excluding carboxylic acids is 3. The van der Waals surface area contributed by atoms with Gasteiger partial charge in [0, 0.05) is 11.6 Å². The first-order chi connectivity index (χ1) is 16.5. The number of dihydropyridines is 1. The van der Waals surface area contributed by atoms with Crippen molar-refractivity contribution in [3.05, 3.63) is 62.9 Å². The molecule has 2 rings (SSSR count). The van der Waals surface area contributed by atoms with Crippen molar-refractivity contribution in [2.75, 3.05) is 13.2 Å². The van der Waals surface area contributed by atoms with Crippen LogP contribution in [0.25, 0.3) is 0 Å². The molecule has 1 aliphatic heterocycles. The maximum Gasteiger partial charge on any atom is 0.513 e. The molecule has 12 heteroatoms. The van der Waals surface area contributed by atoms with Gasteiger partial charge in [-0.05, 0) is 34.6 Å². The zero-order valence-corrected chi connectivity index (χ0v) is 20.1. The number of benzene rings is 1. The van der Waals surface area contributed by atoms with E-state index in [1.807, 2.05) is 0 Å². The first-order valence-electron chi connectivity index (χ1n) is 10.9. The van der Waals surface area contributed by atoms with Crippen LogP contribution in [0.5, 0.6) is 0 Å². The quantitative estimate of drug-likeness (QED) is 0.226. The molecular formula is C23H28N2O10. The fraction of sp³-hybridized carbons (Fsp3) is 0.435. The second kappa shape index (κ2) is 12.4. The molecule has 0 radical (unpaired) electrons. The van der Waals surface area contributed by atoms with Gasteiger partial charge in [-0.3, -0.25) is 14.9 Å². The van der Waals surface area contributed by atoms with Crippen LogP contribution in [-0.4, -0.2) is 42.5 Å². The Bertz CT molecular complexity index is 1040. The minimum absolute atomic E-state index is 0.0510. The monoisotopic (exact) mass is 492 g/mol. The number of nitrogens with one attached hydrogen (secondary N) is 1. The molecule has 0 saturated carbocycles. The van der Waals surface area contributed by atoms with Gasteiger partial charge in [0.05, 0.1) is 35.4 Å². The number of esters is 1. The van der Waals surface area contributed by atoms with Crippen LogP contribution in [0.4, 0.5) is 15.3 Å². The van der Waals surface area contributed by atoms with Crippen molar-refractivity contribution in [1.29, 1.82) is 0 Å². The van der Waals surface area contributed by atoms with Crippen LogP contribution in [-0.2, 0) is 28.5 Å². The Morgan fingerprint density at radius 1 is 1.03 bits per heavy atom. The fourth-order valence-corrected chi connectivity index (χ4v) is 3.28. The van der Waals surface area contributed by atoms with Gasteiger partial charge in [0.1, 0.15) is 24.0 Å². The number of allylic oxidation sites excluding steroid dienone is 2. The van der Waals surface area contributed by atoms with Gasteiger partial charge < -0.3 is 29.0 Å². The molecule has 0 spiro atoms. The predicted molar refractivity (Wildman–Crippen MR) is 121 cm³/mol. The van der Waals surface area contributed by atoms with Crippen LogP contribution >= 0.6 is 0 Å². The lowest BCUT2D eigenvalue weighted by Crippen LogP contribution is -2.30. The highest BCUT2D eigenvalue weighted by molar-refractivity contribution is 5.70. The second-order valence-corrected chi connectivity index (χ2v) is 7.63. The SMILES string of the molecule is CCOC(=O)CCOC(=O)OC1=C(C)NC(C)=C(OC(=O)OC(C)C)C1c1ccccc1[N+](=O)[O-]. The largest absolute Gasteiger partial charge is 0.513 e. The average Bonchev–Trinajstić information content (AvgIpc) is 2.76. The molecular weight excluding hydrogens is 464 g/mol. The zero-order valence-electron chi connectivity index (χ0n) is 20.1. The topological polar surface area (TPSA) is 153 Å². The molecule has 35 heavy (non-hydrogen) atoms. The van der Waals surface area contributed by atoms with Crippen LogP contribution in [0.2, 0.25) is 0 Å². The third kappa shape index (κ3) is 7.45.